The van der Waals surface area contributed by atoms with Crippen molar-refractivity contribution in [1.29, 1.82) is 0 Å². The predicted molar refractivity (Wildman–Crippen MR) is 88.7 cm³/mol. The summed E-state index contributed by atoms with van der Waals surface area (Å²) in [5, 5.41) is 2.59. The van der Waals surface area contributed by atoms with E-state index in [9.17, 15) is 9.18 Å². The fraction of sp³-hybridized carbons (Fsp3) is 0.389. The van der Waals surface area contributed by atoms with Crippen molar-refractivity contribution in [3.63, 3.8) is 0 Å². The summed E-state index contributed by atoms with van der Waals surface area (Å²) in [5.41, 5.74) is 0.906. The maximum absolute atomic E-state index is 14.0. The van der Waals surface area contributed by atoms with Gasteiger partial charge in [0, 0.05) is 24.7 Å². The Labute approximate surface area is 140 Å². The third-order valence-electron chi connectivity index (χ3n) is 4.04. The van der Waals surface area contributed by atoms with Crippen molar-refractivity contribution in [2.45, 2.75) is 32.0 Å². The van der Waals surface area contributed by atoms with Crippen molar-refractivity contribution >= 4 is 11.6 Å². The molecular formula is C18H21FN2O3. The third-order valence-corrected chi connectivity index (χ3v) is 4.04. The van der Waals surface area contributed by atoms with Crippen LogP contribution in [-0.4, -0.2) is 35.9 Å². The molecular weight excluding hydrogens is 311 g/mol. The minimum atomic E-state index is -0.677. The molecule has 0 bridgehead atoms. The highest BCUT2D eigenvalue weighted by Gasteiger charge is 2.20. The highest BCUT2D eigenvalue weighted by atomic mass is 19.1. The summed E-state index contributed by atoms with van der Waals surface area (Å²) in [7, 11) is 0. The normalized spacial score (nSPS) is 18.5. The van der Waals surface area contributed by atoms with Gasteiger partial charge in [0.15, 0.2) is 0 Å². The van der Waals surface area contributed by atoms with E-state index in [1.54, 1.807) is 19.1 Å². The lowest BCUT2D eigenvalue weighted by Crippen LogP contribution is -2.30. The maximum atomic E-state index is 14.0. The van der Waals surface area contributed by atoms with E-state index in [0.717, 1.165) is 25.1 Å². The summed E-state index contributed by atoms with van der Waals surface area (Å²) in [6.45, 7) is 2.77. The van der Waals surface area contributed by atoms with Crippen LogP contribution in [-0.2, 0) is 14.3 Å². The molecule has 1 aromatic carbocycles. The van der Waals surface area contributed by atoms with E-state index in [1.165, 1.54) is 6.07 Å². The minimum absolute atomic E-state index is 0.0501. The Balaban J connectivity index is 1.61. The second kappa shape index (κ2) is 7.59. The first-order valence-electron chi connectivity index (χ1n) is 8.10. The number of aromatic nitrogens is 1. The number of rotatable bonds is 6. The van der Waals surface area contributed by atoms with Crippen LogP contribution in [0.15, 0.2) is 42.7 Å². The van der Waals surface area contributed by atoms with Gasteiger partial charge in [-0.1, -0.05) is 0 Å². The lowest BCUT2D eigenvalue weighted by molar-refractivity contribution is -0.128. The van der Waals surface area contributed by atoms with Gasteiger partial charge in [-0.15, -0.1) is 0 Å². The van der Waals surface area contributed by atoms with Gasteiger partial charge in [0.05, 0.1) is 18.4 Å². The Morgan fingerprint density at radius 1 is 1.46 bits per heavy atom. The first kappa shape index (κ1) is 16.7. The third kappa shape index (κ3) is 4.01. The SMILES string of the molecule is C[C@@H](OC[C@H]1CCCO1)C(=O)Nc1cc(-n2cccc2)ccc1F. The number of benzene rings is 1. The molecule has 0 aliphatic carbocycles. The molecule has 1 aliphatic heterocycles. The average molecular weight is 332 g/mol. The van der Waals surface area contributed by atoms with Crippen LogP contribution in [0.5, 0.6) is 0 Å². The summed E-state index contributed by atoms with van der Waals surface area (Å²) in [5.74, 6) is -0.859. The first-order chi connectivity index (χ1) is 11.6. The van der Waals surface area contributed by atoms with Gasteiger partial charge in [-0.2, -0.15) is 0 Å². The molecule has 6 heteroatoms. The number of amides is 1. The lowest BCUT2D eigenvalue weighted by atomic mass is 10.2. The summed E-state index contributed by atoms with van der Waals surface area (Å²) >= 11 is 0. The molecule has 1 saturated heterocycles. The van der Waals surface area contributed by atoms with Gasteiger partial charge < -0.3 is 19.4 Å². The van der Waals surface area contributed by atoms with Crippen LogP contribution in [0.1, 0.15) is 19.8 Å². The Hall–Kier alpha value is -2.18. The van der Waals surface area contributed by atoms with Crippen LogP contribution >= 0.6 is 0 Å². The van der Waals surface area contributed by atoms with Crippen molar-refractivity contribution in [3.05, 3.63) is 48.5 Å². The monoisotopic (exact) mass is 332 g/mol. The van der Waals surface area contributed by atoms with Crippen LogP contribution in [0.4, 0.5) is 10.1 Å². The molecule has 3 rings (SSSR count). The van der Waals surface area contributed by atoms with Gasteiger partial charge in [-0.25, -0.2) is 4.39 Å². The largest absolute Gasteiger partial charge is 0.376 e. The molecule has 0 spiro atoms. The van der Waals surface area contributed by atoms with Crippen molar-refractivity contribution in [3.8, 4) is 5.69 Å². The molecule has 128 valence electrons. The Morgan fingerprint density at radius 2 is 2.25 bits per heavy atom. The van der Waals surface area contributed by atoms with Crippen LogP contribution in [0.3, 0.4) is 0 Å². The molecule has 1 fully saturated rings. The Kier molecular flexibility index (Phi) is 5.27. The zero-order valence-electron chi connectivity index (χ0n) is 13.6. The number of anilines is 1. The van der Waals surface area contributed by atoms with E-state index >= 15 is 0 Å². The quantitative estimate of drug-likeness (QED) is 0.884. The van der Waals surface area contributed by atoms with E-state index < -0.39 is 11.9 Å². The van der Waals surface area contributed by atoms with Gasteiger partial charge in [-0.05, 0) is 50.1 Å². The number of nitrogens with one attached hydrogen (secondary N) is 1. The molecule has 0 saturated carbocycles. The summed E-state index contributed by atoms with van der Waals surface area (Å²) < 4.78 is 26.8. The molecule has 0 radical (unpaired) electrons. The fourth-order valence-electron chi connectivity index (χ4n) is 2.61. The molecule has 0 unspecified atom stereocenters. The number of hydrogen-bond donors (Lipinski definition) is 1. The summed E-state index contributed by atoms with van der Waals surface area (Å²) in [6.07, 6.45) is 5.05. The lowest BCUT2D eigenvalue weighted by Gasteiger charge is -2.17. The topological polar surface area (TPSA) is 52.5 Å². The highest BCUT2D eigenvalue weighted by Crippen LogP contribution is 2.20. The number of ether oxygens (including phenoxy) is 2. The average Bonchev–Trinajstić information content (AvgIpc) is 3.28. The van der Waals surface area contributed by atoms with Crippen LogP contribution in [0.25, 0.3) is 5.69 Å². The first-order valence-corrected chi connectivity index (χ1v) is 8.10. The van der Waals surface area contributed by atoms with Crippen molar-refractivity contribution in [2.75, 3.05) is 18.5 Å². The van der Waals surface area contributed by atoms with Gasteiger partial charge in [0.1, 0.15) is 11.9 Å². The summed E-state index contributed by atoms with van der Waals surface area (Å²) in [4.78, 5) is 12.2. The van der Waals surface area contributed by atoms with Gasteiger partial charge >= 0.3 is 0 Å². The van der Waals surface area contributed by atoms with Crippen LogP contribution in [0, 0.1) is 5.82 Å². The van der Waals surface area contributed by atoms with E-state index in [0.29, 0.717) is 6.61 Å². The standard InChI is InChI=1S/C18H21FN2O3/c1-13(24-12-15-5-4-10-23-15)18(22)20-17-11-14(6-7-16(17)19)21-8-2-3-9-21/h2-3,6-9,11,13,15H,4-5,10,12H2,1H3,(H,20,22)/t13-,15-/m1/s1. The predicted octanol–water partition coefficient (Wildman–Crippen LogP) is 3.14. The van der Waals surface area contributed by atoms with E-state index in [4.69, 9.17) is 9.47 Å². The second-order valence-corrected chi connectivity index (χ2v) is 5.85. The Morgan fingerprint density at radius 3 is 2.96 bits per heavy atom. The van der Waals surface area contributed by atoms with Crippen LogP contribution in [0.2, 0.25) is 0 Å². The van der Waals surface area contributed by atoms with Gasteiger partial charge in [0.25, 0.3) is 5.91 Å². The fourth-order valence-corrected chi connectivity index (χ4v) is 2.61. The highest BCUT2D eigenvalue weighted by molar-refractivity contribution is 5.94. The maximum Gasteiger partial charge on any atom is 0.253 e. The smallest absolute Gasteiger partial charge is 0.253 e. The number of halogens is 1. The van der Waals surface area contributed by atoms with Gasteiger partial charge in [-0.3, -0.25) is 4.79 Å². The van der Waals surface area contributed by atoms with Crippen molar-refractivity contribution < 1.29 is 18.7 Å². The minimum Gasteiger partial charge on any atom is -0.376 e. The van der Waals surface area contributed by atoms with E-state index in [2.05, 4.69) is 5.32 Å². The zero-order valence-corrected chi connectivity index (χ0v) is 13.6. The molecule has 5 nitrogen and oxygen atoms in total. The van der Waals surface area contributed by atoms with E-state index in [-0.39, 0.29) is 17.7 Å². The van der Waals surface area contributed by atoms with Crippen LogP contribution < -0.4 is 5.32 Å². The molecule has 2 aromatic rings. The second-order valence-electron chi connectivity index (χ2n) is 5.85. The Bertz CT molecular complexity index is 682. The molecule has 24 heavy (non-hydrogen) atoms. The molecule has 2 heterocycles. The molecule has 2 atom stereocenters. The number of nitrogens with zero attached hydrogens (tertiary/aromatic N) is 1. The van der Waals surface area contributed by atoms with E-state index in [1.807, 2.05) is 29.1 Å². The summed E-state index contributed by atoms with van der Waals surface area (Å²) in [6, 6.07) is 8.34. The molecule has 1 N–H and O–H groups in total. The molecule has 1 aliphatic rings. The van der Waals surface area contributed by atoms with Crippen molar-refractivity contribution in [2.24, 2.45) is 0 Å². The zero-order chi connectivity index (χ0) is 16.9. The number of carbonyl (C=O) groups is 1. The number of carbonyl (C=O) groups excluding carboxylic acids is 1. The van der Waals surface area contributed by atoms with Crippen molar-refractivity contribution in [1.82, 2.24) is 4.57 Å². The van der Waals surface area contributed by atoms with Gasteiger partial charge in [0.2, 0.25) is 0 Å². The molecule has 1 aromatic heterocycles. The molecule has 1 amide bonds. The number of hydrogen-bond acceptors (Lipinski definition) is 3.